The van der Waals surface area contributed by atoms with E-state index in [1.54, 1.807) is 9.80 Å². The van der Waals surface area contributed by atoms with Gasteiger partial charge >= 0.3 is 0 Å². The van der Waals surface area contributed by atoms with Gasteiger partial charge in [-0.2, -0.15) is 0 Å². The average molecular weight is 664 g/mol. The number of rotatable bonds is 6. The third kappa shape index (κ3) is 4.66. The summed E-state index contributed by atoms with van der Waals surface area (Å²) in [6, 6.07) is 33.6. The molecule has 0 bridgehead atoms. The SMILES string of the molecule is [2H]c1c([2H])c([2H])c(N(c2ccc(C)cc2)c2ccc3cc4c5ccc(N(c6ccc(C)cc6)c6c([2H])c([2H])c([2H])c([2H])c6[2H])cc5n5c6ccccc6c(c3c2)c45)c([2H])c1[2H]. The molecule has 0 N–H and O–H groups in total. The number of hydrogen-bond acceptors (Lipinski definition) is 2. The number of aromatic nitrogens is 1. The van der Waals surface area contributed by atoms with E-state index < -0.39 is 36.3 Å². The van der Waals surface area contributed by atoms with Crippen molar-refractivity contribution in [1.29, 1.82) is 0 Å². The molecule has 51 heavy (non-hydrogen) atoms. The van der Waals surface area contributed by atoms with Crippen molar-refractivity contribution in [3.63, 3.8) is 0 Å². The summed E-state index contributed by atoms with van der Waals surface area (Å²) in [6.07, 6.45) is 0. The van der Waals surface area contributed by atoms with Crippen molar-refractivity contribution in [1.82, 2.24) is 4.40 Å². The molecule has 8 aromatic carbocycles. The number of para-hydroxylation sites is 3. The average Bonchev–Trinajstić information content (AvgIpc) is 3.79. The number of aryl methyl sites for hydroxylation is 2. The maximum Gasteiger partial charge on any atom is 0.0645 e. The van der Waals surface area contributed by atoms with E-state index in [-0.39, 0.29) is 35.5 Å². The van der Waals surface area contributed by atoms with E-state index in [2.05, 4.69) is 22.6 Å². The number of anilines is 6. The molecule has 2 heterocycles. The highest BCUT2D eigenvalue weighted by Crippen LogP contribution is 2.46. The second kappa shape index (κ2) is 11.5. The van der Waals surface area contributed by atoms with Crippen molar-refractivity contribution in [2.45, 2.75) is 13.8 Å². The van der Waals surface area contributed by atoms with E-state index >= 15 is 0 Å². The molecular weight excluding hydrogens is 619 g/mol. The Balaban J connectivity index is 1.26. The first-order valence-corrected chi connectivity index (χ1v) is 16.8. The van der Waals surface area contributed by atoms with Gasteiger partial charge in [0.05, 0.1) is 30.3 Å². The molecule has 0 saturated carbocycles. The molecule has 2 aromatic heterocycles. The second-order valence-electron chi connectivity index (χ2n) is 12.9. The zero-order chi connectivity index (χ0) is 42.8. The third-order valence-electron chi connectivity index (χ3n) is 9.77. The molecule has 0 spiro atoms. The van der Waals surface area contributed by atoms with Crippen molar-refractivity contribution >= 4 is 83.0 Å². The van der Waals surface area contributed by atoms with Gasteiger partial charge in [-0.05, 0) is 109 Å². The van der Waals surface area contributed by atoms with Crippen LogP contribution in [0.3, 0.4) is 0 Å². The predicted octanol–water partition coefficient (Wildman–Crippen LogP) is 13.5. The predicted molar refractivity (Wildman–Crippen MR) is 217 cm³/mol. The first-order chi connectivity index (χ1) is 29.3. The lowest BCUT2D eigenvalue weighted by Gasteiger charge is -2.26. The molecule has 0 radical (unpaired) electrons. The minimum absolute atomic E-state index is 0.0448. The summed E-state index contributed by atoms with van der Waals surface area (Å²) in [5, 5.41) is 5.78. The molecule has 0 saturated heterocycles. The van der Waals surface area contributed by atoms with Gasteiger partial charge in [-0.3, -0.25) is 0 Å². The third-order valence-corrected chi connectivity index (χ3v) is 9.77. The summed E-state index contributed by atoms with van der Waals surface area (Å²) in [5.74, 6) is 0. The lowest BCUT2D eigenvalue weighted by Crippen LogP contribution is -2.09. The summed E-state index contributed by atoms with van der Waals surface area (Å²) in [7, 11) is 0. The van der Waals surface area contributed by atoms with Crippen LogP contribution < -0.4 is 9.80 Å². The second-order valence-corrected chi connectivity index (χ2v) is 12.9. The fourth-order valence-electron chi connectivity index (χ4n) is 7.46. The molecule has 242 valence electrons. The summed E-state index contributed by atoms with van der Waals surface area (Å²) in [6.45, 7) is 3.94. The molecule has 0 fully saturated rings. The smallest absolute Gasteiger partial charge is 0.0645 e. The number of nitrogens with zero attached hydrogens (tertiary/aromatic N) is 3. The zero-order valence-corrected chi connectivity index (χ0v) is 27.8. The highest BCUT2D eigenvalue weighted by atomic mass is 15.1. The standard InChI is InChI=1S/C48H35N3/c1-32-17-22-37(23-18-32)49(35-11-5-3-6-12-35)39-26-21-34-29-44-41-28-27-40(50(36-13-7-4-8-14-36)38-24-19-33(2)20-25-38)31-46(41)51-45-16-10-9-15-42(45)47(48(44)51)43(34)30-39/h3-31H,1-2H3/i3D,4D,5D,6D,7D,8D,11D,12D,13D,14D. The van der Waals surface area contributed by atoms with Crippen LogP contribution >= 0.6 is 0 Å². The molecule has 0 atom stereocenters. The number of fused-ring (bicyclic) bond motifs is 8. The van der Waals surface area contributed by atoms with Crippen LogP contribution in [-0.2, 0) is 0 Å². The van der Waals surface area contributed by atoms with E-state index in [0.29, 0.717) is 22.7 Å². The fourth-order valence-corrected chi connectivity index (χ4v) is 7.46. The van der Waals surface area contributed by atoms with Crippen molar-refractivity contribution in [2.24, 2.45) is 0 Å². The number of benzene rings is 8. The largest absolute Gasteiger partial charge is 0.310 e. The molecular formula is C48H35N3. The summed E-state index contributed by atoms with van der Waals surface area (Å²) in [4.78, 5) is 3.46. The van der Waals surface area contributed by atoms with Crippen LogP contribution in [0.4, 0.5) is 34.1 Å². The van der Waals surface area contributed by atoms with Gasteiger partial charge in [0.25, 0.3) is 0 Å². The van der Waals surface area contributed by atoms with Crippen molar-refractivity contribution < 1.29 is 13.7 Å². The highest BCUT2D eigenvalue weighted by Gasteiger charge is 2.22. The van der Waals surface area contributed by atoms with E-state index in [0.717, 1.165) is 60.0 Å². The molecule has 3 nitrogen and oxygen atoms in total. The van der Waals surface area contributed by atoms with Gasteiger partial charge in [0.2, 0.25) is 0 Å². The van der Waals surface area contributed by atoms with Crippen LogP contribution in [0.2, 0.25) is 0 Å². The van der Waals surface area contributed by atoms with Gasteiger partial charge < -0.3 is 14.2 Å². The van der Waals surface area contributed by atoms with E-state index in [4.69, 9.17) is 13.7 Å². The number of hydrogen-bond donors (Lipinski definition) is 0. The van der Waals surface area contributed by atoms with Gasteiger partial charge in [0.1, 0.15) is 0 Å². The quantitative estimate of drug-likeness (QED) is 0.175. The summed E-state index contributed by atoms with van der Waals surface area (Å²) >= 11 is 0. The molecule has 10 rings (SSSR count). The van der Waals surface area contributed by atoms with Crippen LogP contribution in [0, 0.1) is 13.8 Å². The Labute approximate surface area is 311 Å². The Morgan fingerprint density at radius 2 is 0.980 bits per heavy atom. The Bertz CT molecular complexity index is 3250. The Morgan fingerprint density at radius 1 is 0.431 bits per heavy atom. The van der Waals surface area contributed by atoms with E-state index in [1.165, 1.54) is 0 Å². The molecule has 0 aliphatic heterocycles. The monoisotopic (exact) mass is 663 g/mol. The van der Waals surface area contributed by atoms with Crippen molar-refractivity contribution in [3.05, 3.63) is 187 Å². The lowest BCUT2D eigenvalue weighted by atomic mass is 9.99. The van der Waals surface area contributed by atoms with Crippen LogP contribution in [0.25, 0.3) is 48.9 Å². The maximum absolute atomic E-state index is 8.97. The molecule has 10 aromatic rings. The maximum atomic E-state index is 8.97. The van der Waals surface area contributed by atoms with Crippen LogP contribution in [0.1, 0.15) is 24.8 Å². The molecule has 0 unspecified atom stereocenters. The van der Waals surface area contributed by atoms with Crippen LogP contribution in [0.5, 0.6) is 0 Å². The Morgan fingerprint density at radius 3 is 1.61 bits per heavy atom. The highest BCUT2D eigenvalue weighted by molar-refractivity contribution is 6.31. The molecule has 0 amide bonds. The van der Waals surface area contributed by atoms with E-state index in [9.17, 15) is 0 Å². The van der Waals surface area contributed by atoms with Gasteiger partial charge in [0.15, 0.2) is 0 Å². The van der Waals surface area contributed by atoms with Crippen molar-refractivity contribution in [3.8, 4) is 0 Å². The lowest BCUT2D eigenvalue weighted by molar-refractivity contribution is 1.27. The first kappa shape index (κ1) is 20.8. The van der Waals surface area contributed by atoms with Gasteiger partial charge in [-0.25, -0.2) is 0 Å². The minimum Gasteiger partial charge on any atom is -0.310 e. The van der Waals surface area contributed by atoms with Gasteiger partial charge in [-0.15, -0.1) is 0 Å². The summed E-state index contributed by atoms with van der Waals surface area (Å²) < 4.78 is 88.8. The van der Waals surface area contributed by atoms with Crippen LogP contribution in [0.15, 0.2) is 176 Å². The zero-order valence-electron chi connectivity index (χ0n) is 37.8. The normalized spacial score (nSPS) is 14.5. The Hall–Kier alpha value is -6.58. The molecule has 3 heteroatoms. The Kier molecular flexibility index (Phi) is 4.70. The minimum atomic E-state index is -0.460. The molecule has 0 aliphatic rings. The first-order valence-electron chi connectivity index (χ1n) is 21.8. The topological polar surface area (TPSA) is 10.9 Å². The van der Waals surface area contributed by atoms with Crippen LogP contribution in [-0.4, -0.2) is 4.40 Å². The fraction of sp³-hybridized carbons (Fsp3) is 0.0417. The van der Waals surface area contributed by atoms with Gasteiger partial charge in [-0.1, -0.05) is 102 Å². The van der Waals surface area contributed by atoms with E-state index in [1.807, 2.05) is 111 Å². The van der Waals surface area contributed by atoms with Gasteiger partial charge in [0, 0.05) is 55.7 Å². The summed E-state index contributed by atoms with van der Waals surface area (Å²) in [5.41, 5.74) is 7.39. The van der Waals surface area contributed by atoms with Crippen molar-refractivity contribution in [2.75, 3.05) is 9.80 Å². The molecule has 0 aliphatic carbocycles.